The molecule has 0 radical (unpaired) electrons. The van der Waals surface area contributed by atoms with Gasteiger partial charge in [0.05, 0.1) is 23.8 Å². The second-order valence-corrected chi connectivity index (χ2v) is 3.76. The first kappa shape index (κ1) is 10.8. The molecule has 0 atom stereocenters. The Hall–Kier alpha value is -2.31. The highest BCUT2D eigenvalue weighted by molar-refractivity contribution is 5.69. The summed E-state index contributed by atoms with van der Waals surface area (Å²) in [5.74, 6) is 0. The second-order valence-electron chi connectivity index (χ2n) is 3.76. The van der Waals surface area contributed by atoms with Gasteiger partial charge in [-0.15, -0.1) is 5.10 Å². The number of rotatable bonds is 1. The molecular formula is C11H7F3N4. The van der Waals surface area contributed by atoms with Gasteiger partial charge in [-0.05, 0) is 24.3 Å². The van der Waals surface area contributed by atoms with Crippen LogP contribution in [0.1, 0.15) is 5.56 Å². The molecule has 1 aromatic carbocycles. The first-order valence-corrected chi connectivity index (χ1v) is 5.10. The van der Waals surface area contributed by atoms with E-state index in [-0.39, 0.29) is 0 Å². The van der Waals surface area contributed by atoms with Gasteiger partial charge in [0.25, 0.3) is 0 Å². The van der Waals surface area contributed by atoms with Crippen molar-refractivity contribution in [3.63, 3.8) is 0 Å². The fourth-order valence-corrected chi connectivity index (χ4v) is 1.66. The summed E-state index contributed by atoms with van der Waals surface area (Å²) in [6, 6.07) is 4.79. The molecule has 3 rings (SSSR count). The number of aromatic nitrogens is 4. The summed E-state index contributed by atoms with van der Waals surface area (Å²) in [6.45, 7) is 0. The van der Waals surface area contributed by atoms with Gasteiger partial charge in [-0.3, -0.25) is 0 Å². The number of hydrogen-bond donors (Lipinski definition) is 1. The maximum absolute atomic E-state index is 12.4. The zero-order valence-electron chi connectivity index (χ0n) is 8.94. The van der Waals surface area contributed by atoms with Crippen LogP contribution in [0.3, 0.4) is 0 Å². The van der Waals surface area contributed by atoms with Crippen LogP contribution < -0.4 is 0 Å². The second kappa shape index (κ2) is 3.59. The summed E-state index contributed by atoms with van der Waals surface area (Å²) in [4.78, 5) is 6.83. The Morgan fingerprint density at radius 3 is 2.44 bits per heavy atom. The van der Waals surface area contributed by atoms with Gasteiger partial charge in [-0.2, -0.15) is 13.2 Å². The smallest absolute Gasteiger partial charge is 0.342 e. The van der Waals surface area contributed by atoms with E-state index in [1.54, 1.807) is 6.20 Å². The topological polar surface area (TPSA) is 46.5 Å². The standard InChI is InChI=1S/C11H7F3N4/c12-11(13,14)7-1-3-8(4-2-7)18-5-9-10(17-18)16-6-15-9/h1-6H,(H,15,16,17). The quantitative estimate of drug-likeness (QED) is 0.723. The summed E-state index contributed by atoms with van der Waals surface area (Å²) < 4.78 is 38.7. The van der Waals surface area contributed by atoms with Crippen LogP contribution in [-0.2, 0) is 6.18 Å². The minimum atomic E-state index is -4.32. The lowest BCUT2D eigenvalue weighted by molar-refractivity contribution is -0.137. The summed E-state index contributed by atoms with van der Waals surface area (Å²) >= 11 is 0. The minimum Gasteiger partial charge on any atom is -0.342 e. The predicted octanol–water partition coefficient (Wildman–Crippen LogP) is 2.77. The van der Waals surface area contributed by atoms with Crippen molar-refractivity contribution >= 4 is 11.2 Å². The molecule has 7 heteroatoms. The Kier molecular flexibility index (Phi) is 2.16. The summed E-state index contributed by atoms with van der Waals surface area (Å²) in [5.41, 5.74) is 1.13. The molecule has 0 amide bonds. The number of halogens is 3. The number of H-pyrrole nitrogens is 1. The van der Waals surface area contributed by atoms with Crippen molar-refractivity contribution in [1.29, 1.82) is 0 Å². The molecular weight excluding hydrogens is 245 g/mol. The fraction of sp³-hybridized carbons (Fsp3) is 0.0909. The molecule has 0 aliphatic heterocycles. The molecule has 0 spiro atoms. The third kappa shape index (κ3) is 1.73. The normalized spacial score (nSPS) is 12.2. The number of benzene rings is 1. The van der Waals surface area contributed by atoms with Gasteiger partial charge in [-0.1, -0.05) is 0 Å². The Balaban J connectivity index is 2.00. The Labute approximate surface area is 99.1 Å². The van der Waals surface area contributed by atoms with E-state index in [4.69, 9.17) is 0 Å². The van der Waals surface area contributed by atoms with Gasteiger partial charge in [-0.25, -0.2) is 9.67 Å². The van der Waals surface area contributed by atoms with E-state index >= 15 is 0 Å². The third-order valence-electron chi connectivity index (χ3n) is 2.56. The Morgan fingerprint density at radius 2 is 1.83 bits per heavy atom. The van der Waals surface area contributed by atoms with Crippen LogP contribution in [0.25, 0.3) is 16.9 Å². The van der Waals surface area contributed by atoms with Crippen molar-refractivity contribution in [2.75, 3.05) is 0 Å². The summed E-state index contributed by atoms with van der Waals surface area (Å²) in [5, 5.41) is 4.13. The first-order valence-electron chi connectivity index (χ1n) is 5.10. The van der Waals surface area contributed by atoms with E-state index in [9.17, 15) is 13.2 Å². The van der Waals surface area contributed by atoms with Crippen LogP contribution in [0.4, 0.5) is 13.2 Å². The van der Waals surface area contributed by atoms with Crippen LogP contribution in [0.15, 0.2) is 36.8 Å². The number of fused-ring (bicyclic) bond motifs is 1. The SMILES string of the molecule is FC(F)(F)c1ccc(-n2cc3[nH]cnc3n2)cc1. The lowest BCUT2D eigenvalue weighted by atomic mass is 10.2. The van der Waals surface area contributed by atoms with Gasteiger partial charge in [0, 0.05) is 0 Å². The lowest BCUT2D eigenvalue weighted by Crippen LogP contribution is -2.05. The van der Waals surface area contributed by atoms with Gasteiger partial charge >= 0.3 is 6.18 Å². The predicted molar refractivity (Wildman–Crippen MR) is 58.2 cm³/mol. The highest BCUT2D eigenvalue weighted by atomic mass is 19.4. The third-order valence-corrected chi connectivity index (χ3v) is 2.56. The average Bonchev–Trinajstić information content (AvgIpc) is 2.88. The van der Waals surface area contributed by atoms with E-state index in [1.165, 1.54) is 23.1 Å². The molecule has 4 nitrogen and oxygen atoms in total. The van der Waals surface area contributed by atoms with E-state index in [0.717, 1.165) is 17.6 Å². The summed E-state index contributed by atoms with van der Waals surface area (Å²) in [6.07, 6.45) is -1.14. The van der Waals surface area contributed by atoms with Crippen LogP contribution in [0.2, 0.25) is 0 Å². The van der Waals surface area contributed by atoms with Gasteiger partial charge in [0.15, 0.2) is 5.65 Å². The van der Waals surface area contributed by atoms with Crippen molar-refractivity contribution in [2.24, 2.45) is 0 Å². The Bertz CT molecular complexity index is 650. The maximum atomic E-state index is 12.4. The van der Waals surface area contributed by atoms with Crippen molar-refractivity contribution < 1.29 is 13.2 Å². The maximum Gasteiger partial charge on any atom is 0.416 e. The summed E-state index contributed by atoms with van der Waals surface area (Å²) in [7, 11) is 0. The number of hydrogen-bond acceptors (Lipinski definition) is 2. The molecule has 0 aliphatic carbocycles. The van der Waals surface area contributed by atoms with Crippen LogP contribution in [-0.4, -0.2) is 19.7 Å². The number of aromatic amines is 1. The number of nitrogens with one attached hydrogen (secondary N) is 1. The molecule has 0 bridgehead atoms. The molecule has 18 heavy (non-hydrogen) atoms. The van der Waals surface area contributed by atoms with Crippen molar-refractivity contribution in [2.45, 2.75) is 6.18 Å². The van der Waals surface area contributed by atoms with E-state index in [0.29, 0.717) is 11.3 Å². The van der Waals surface area contributed by atoms with E-state index in [2.05, 4.69) is 15.1 Å². The molecule has 3 aromatic rings. The molecule has 0 saturated carbocycles. The molecule has 2 aromatic heterocycles. The highest BCUT2D eigenvalue weighted by Crippen LogP contribution is 2.29. The lowest BCUT2D eigenvalue weighted by Gasteiger charge is -2.07. The molecule has 0 fully saturated rings. The van der Waals surface area contributed by atoms with Crippen molar-refractivity contribution in [3.8, 4) is 5.69 Å². The van der Waals surface area contributed by atoms with E-state index < -0.39 is 11.7 Å². The molecule has 1 N–H and O–H groups in total. The monoisotopic (exact) mass is 252 g/mol. The first-order chi connectivity index (χ1) is 8.54. The zero-order valence-corrected chi connectivity index (χ0v) is 8.94. The number of nitrogens with zero attached hydrogens (tertiary/aromatic N) is 3. The van der Waals surface area contributed by atoms with E-state index in [1.807, 2.05) is 0 Å². The van der Waals surface area contributed by atoms with Crippen LogP contribution >= 0.6 is 0 Å². The van der Waals surface area contributed by atoms with Crippen LogP contribution in [0.5, 0.6) is 0 Å². The largest absolute Gasteiger partial charge is 0.416 e. The fourth-order valence-electron chi connectivity index (χ4n) is 1.66. The van der Waals surface area contributed by atoms with Gasteiger partial charge < -0.3 is 4.98 Å². The zero-order chi connectivity index (χ0) is 12.8. The highest BCUT2D eigenvalue weighted by Gasteiger charge is 2.30. The van der Waals surface area contributed by atoms with Crippen molar-refractivity contribution in [3.05, 3.63) is 42.4 Å². The van der Waals surface area contributed by atoms with Crippen LogP contribution in [0, 0.1) is 0 Å². The molecule has 0 unspecified atom stereocenters. The number of alkyl halides is 3. The average molecular weight is 252 g/mol. The molecule has 92 valence electrons. The number of imidazole rings is 1. The molecule has 0 saturated heterocycles. The van der Waals surface area contributed by atoms with Gasteiger partial charge in [0.2, 0.25) is 0 Å². The van der Waals surface area contributed by atoms with Gasteiger partial charge in [0.1, 0.15) is 5.52 Å². The Morgan fingerprint density at radius 1 is 1.11 bits per heavy atom. The molecule has 2 heterocycles. The minimum absolute atomic E-state index is 0.523. The molecule has 0 aliphatic rings. The van der Waals surface area contributed by atoms with Crippen molar-refractivity contribution in [1.82, 2.24) is 19.7 Å².